The molecular formula is C17H13ClFNO3. The molecular weight excluding hydrogens is 321 g/mol. The predicted octanol–water partition coefficient (Wildman–Crippen LogP) is 4.26. The minimum Gasteiger partial charge on any atom is -0.496 e. The summed E-state index contributed by atoms with van der Waals surface area (Å²) in [5.41, 5.74) is 1.84. The Bertz CT molecular complexity index is 904. The van der Waals surface area contributed by atoms with Crippen molar-refractivity contribution < 1.29 is 19.0 Å². The fourth-order valence-electron chi connectivity index (χ4n) is 2.68. The normalized spacial score (nSPS) is 10.9. The second kappa shape index (κ2) is 5.93. The highest BCUT2D eigenvalue weighted by Gasteiger charge is 2.20. The zero-order chi connectivity index (χ0) is 16.6. The number of aliphatic carboxylic acids is 1. The number of aromatic amines is 1. The summed E-state index contributed by atoms with van der Waals surface area (Å²) < 4.78 is 19.4. The Morgan fingerprint density at radius 1 is 1.35 bits per heavy atom. The van der Waals surface area contributed by atoms with Crippen molar-refractivity contribution in [2.75, 3.05) is 7.11 Å². The second-order valence-electron chi connectivity index (χ2n) is 5.06. The molecule has 0 aliphatic rings. The number of H-pyrrole nitrogens is 1. The molecule has 0 saturated carbocycles. The summed E-state index contributed by atoms with van der Waals surface area (Å²) in [6.07, 6.45) is -0.242. The Kier molecular flexibility index (Phi) is 3.96. The average Bonchev–Trinajstić information content (AvgIpc) is 2.87. The number of hydrogen-bond acceptors (Lipinski definition) is 2. The molecule has 2 N–H and O–H groups in total. The Hall–Kier alpha value is -2.53. The van der Waals surface area contributed by atoms with Crippen LogP contribution in [-0.2, 0) is 11.2 Å². The summed E-state index contributed by atoms with van der Waals surface area (Å²) >= 11 is 6.05. The topological polar surface area (TPSA) is 62.3 Å². The van der Waals surface area contributed by atoms with E-state index in [1.165, 1.54) is 13.2 Å². The van der Waals surface area contributed by atoms with Gasteiger partial charge in [0.05, 0.1) is 24.7 Å². The molecule has 3 aromatic rings. The van der Waals surface area contributed by atoms with E-state index in [0.29, 0.717) is 33.0 Å². The Morgan fingerprint density at radius 2 is 2.13 bits per heavy atom. The first kappa shape index (κ1) is 15.4. The van der Waals surface area contributed by atoms with Crippen molar-refractivity contribution in [2.24, 2.45) is 0 Å². The van der Waals surface area contributed by atoms with Crippen LogP contribution in [0.5, 0.6) is 5.75 Å². The minimum absolute atomic E-state index is 0.242. The molecule has 2 aromatic carbocycles. The first-order chi connectivity index (χ1) is 11.0. The highest BCUT2D eigenvalue weighted by molar-refractivity contribution is 6.31. The van der Waals surface area contributed by atoms with Crippen LogP contribution in [0.15, 0.2) is 36.4 Å². The molecule has 0 fully saturated rings. The molecule has 0 atom stereocenters. The molecule has 0 bridgehead atoms. The number of para-hydroxylation sites is 1. The average molecular weight is 334 g/mol. The molecule has 0 aliphatic heterocycles. The van der Waals surface area contributed by atoms with Gasteiger partial charge in [0, 0.05) is 16.0 Å². The van der Waals surface area contributed by atoms with Crippen molar-refractivity contribution >= 4 is 28.5 Å². The molecule has 0 spiro atoms. The van der Waals surface area contributed by atoms with Crippen LogP contribution >= 0.6 is 11.6 Å². The van der Waals surface area contributed by atoms with Gasteiger partial charge in [-0.15, -0.1) is 0 Å². The SMILES string of the molecule is COc1ccc(Cl)cc1-c1[nH]c2c(F)cccc2c1CC(=O)O. The van der Waals surface area contributed by atoms with Crippen molar-refractivity contribution in [3.05, 3.63) is 52.8 Å². The predicted molar refractivity (Wildman–Crippen MR) is 86.6 cm³/mol. The van der Waals surface area contributed by atoms with Crippen LogP contribution in [0, 0.1) is 5.82 Å². The number of halogens is 2. The summed E-state index contributed by atoms with van der Waals surface area (Å²) in [5, 5.41) is 10.2. The molecule has 0 amide bonds. The van der Waals surface area contributed by atoms with Gasteiger partial charge < -0.3 is 14.8 Å². The summed E-state index contributed by atoms with van der Waals surface area (Å²) in [4.78, 5) is 14.2. The summed E-state index contributed by atoms with van der Waals surface area (Å²) in [6, 6.07) is 9.58. The molecule has 1 heterocycles. The summed E-state index contributed by atoms with van der Waals surface area (Å²) in [6.45, 7) is 0. The fraction of sp³-hybridized carbons (Fsp3) is 0.118. The monoisotopic (exact) mass is 333 g/mol. The van der Waals surface area contributed by atoms with Crippen LogP contribution in [0.1, 0.15) is 5.56 Å². The lowest BCUT2D eigenvalue weighted by Crippen LogP contribution is -2.01. The molecule has 0 unspecified atom stereocenters. The first-order valence-corrected chi connectivity index (χ1v) is 7.24. The van der Waals surface area contributed by atoms with E-state index < -0.39 is 11.8 Å². The number of nitrogens with one attached hydrogen (secondary N) is 1. The van der Waals surface area contributed by atoms with Crippen LogP contribution in [0.2, 0.25) is 5.02 Å². The highest BCUT2D eigenvalue weighted by atomic mass is 35.5. The third kappa shape index (κ3) is 2.75. The molecule has 0 saturated heterocycles. The largest absolute Gasteiger partial charge is 0.496 e. The lowest BCUT2D eigenvalue weighted by Gasteiger charge is -2.09. The third-order valence-corrected chi connectivity index (χ3v) is 3.88. The number of carbonyl (C=O) groups is 1. The van der Waals surface area contributed by atoms with Gasteiger partial charge in [0.1, 0.15) is 11.6 Å². The number of hydrogen-bond donors (Lipinski definition) is 2. The maximum atomic E-state index is 14.1. The maximum Gasteiger partial charge on any atom is 0.307 e. The smallest absolute Gasteiger partial charge is 0.307 e. The Labute approximate surface area is 136 Å². The molecule has 0 radical (unpaired) electrons. The molecule has 118 valence electrons. The van der Waals surface area contributed by atoms with Crippen molar-refractivity contribution in [1.82, 2.24) is 4.98 Å². The van der Waals surface area contributed by atoms with Gasteiger partial charge in [-0.05, 0) is 29.8 Å². The number of carboxylic acid groups (broad SMARTS) is 1. The van der Waals surface area contributed by atoms with Crippen LogP contribution in [-0.4, -0.2) is 23.2 Å². The van der Waals surface area contributed by atoms with E-state index in [2.05, 4.69) is 4.98 Å². The van der Waals surface area contributed by atoms with Crippen molar-refractivity contribution in [3.63, 3.8) is 0 Å². The quantitative estimate of drug-likeness (QED) is 0.749. The number of carboxylic acids is 1. The number of methoxy groups -OCH3 is 1. The standard InChI is InChI=1S/C17H13ClFNO3/c1-23-14-6-5-9(18)7-12(14)16-11(8-15(21)22)10-3-2-4-13(19)17(10)20-16/h2-7,20H,8H2,1H3,(H,21,22). The van der Waals surface area contributed by atoms with E-state index in [0.717, 1.165) is 0 Å². The van der Waals surface area contributed by atoms with Gasteiger partial charge in [-0.1, -0.05) is 23.7 Å². The van der Waals surface area contributed by atoms with E-state index in [4.69, 9.17) is 16.3 Å². The zero-order valence-electron chi connectivity index (χ0n) is 12.2. The van der Waals surface area contributed by atoms with E-state index in [-0.39, 0.29) is 11.9 Å². The van der Waals surface area contributed by atoms with Gasteiger partial charge in [0.25, 0.3) is 0 Å². The van der Waals surface area contributed by atoms with Gasteiger partial charge in [-0.25, -0.2) is 4.39 Å². The van der Waals surface area contributed by atoms with Gasteiger partial charge >= 0.3 is 5.97 Å². The fourth-order valence-corrected chi connectivity index (χ4v) is 2.85. The highest BCUT2D eigenvalue weighted by Crippen LogP contribution is 2.38. The number of rotatable bonds is 4. The molecule has 6 heteroatoms. The van der Waals surface area contributed by atoms with Crippen LogP contribution < -0.4 is 4.74 Å². The maximum absolute atomic E-state index is 14.1. The van der Waals surface area contributed by atoms with Crippen LogP contribution in [0.25, 0.3) is 22.2 Å². The van der Waals surface area contributed by atoms with Crippen molar-refractivity contribution in [1.29, 1.82) is 0 Å². The molecule has 0 aliphatic carbocycles. The number of fused-ring (bicyclic) bond motifs is 1. The molecule has 1 aromatic heterocycles. The summed E-state index contributed by atoms with van der Waals surface area (Å²) in [7, 11) is 1.51. The van der Waals surface area contributed by atoms with Gasteiger partial charge in [0.15, 0.2) is 0 Å². The lowest BCUT2D eigenvalue weighted by molar-refractivity contribution is -0.136. The number of benzene rings is 2. The van der Waals surface area contributed by atoms with Crippen molar-refractivity contribution in [3.8, 4) is 17.0 Å². The van der Waals surface area contributed by atoms with Crippen LogP contribution in [0.3, 0.4) is 0 Å². The van der Waals surface area contributed by atoms with Crippen LogP contribution in [0.4, 0.5) is 4.39 Å². The Morgan fingerprint density at radius 3 is 2.83 bits per heavy atom. The van der Waals surface area contributed by atoms with E-state index in [1.54, 1.807) is 30.3 Å². The van der Waals surface area contributed by atoms with Crippen molar-refractivity contribution in [2.45, 2.75) is 6.42 Å². The first-order valence-electron chi connectivity index (χ1n) is 6.86. The molecule has 4 nitrogen and oxygen atoms in total. The Balaban J connectivity index is 2.34. The summed E-state index contributed by atoms with van der Waals surface area (Å²) in [5.74, 6) is -0.924. The second-order valence-corrected chi connectivity index (χ2v) is 5.49. The van der Waals surface area contributed by atoms with E-state index in [1.807, 2.05) is 0 Å². The molecule has 23 heavy (non-hydrogen) atoms. The van der Waals surface area contributed by atoms with Gasteiger partial charge in [-0.3, -0.25) is 4.79 Å². The lowest BCUT2D eigenvalue weighted by atomic mass is 10.0. The van der Waals surface area contributed by atoms with Gasteiger partial charge in [0.2, 0.25) is 0 Å². The zero-order valence-corrected chi connectivity index (χ0v) is 12.9. The van der Waals surface area contributed by atoms with E-state index in [9.17, 15) is 14.3 Å². The number of ether oxygens (including phenoxy) is 1. The van der Waals surface area contributed by atoms with Gasteiger partial charge in [-0.2, -0.15) is 0 Å². The molecule has 3 rings (SSSR count). The third-order valence-electron chi connectivity index (χ3n) is 3.65. The number of aromatic nitrogens is 1. The van der Waals surface area contributed by atoms with E-state index >= 15 is 0 Å². The minimum atomic E-state index is -1.00.